The predicted molar refractivity (Wildman–Crippen MR) is 76.6 cm³/mol. The standard InChI is InChI=1S/C16H20O4/c1-10-7-13(15-9-14(18)12(3)20-15)8-11(2)16(10)19-6-4-5-17/h7-9,12,17H,4-6H2,1-3H3. The third-order valence-electron chi connectivity index (χ3n) is 3.27. The Balaban J connectivity index is 2.22. The van der Waals surface area contributed by atoms with E-state index in [9.17, 15) is 4.79 Å². The van der Waals surface area contributed by atoms with E-state index >= 15 is 0 Å². The second-order valence-corrected chi connectivity index (χ2v) is 5.04. The van der Waals surface area contributed by atoms with Crippen molar-refractivity contribution >= 4 is 11.5 Å². The van der Waals surface area contributed by atoms with Crippen LogP contribution < -0.4 is 4.74 Å². The van der Waals surface area contributed by atoms with Crippen LogP contribution in [0.4, 0.5) is 0 Å². The SMILES string of the molecule is Cc1cc(C2=CC(=O)C(C)O2)cc(C)c1OCCCO. The first-order valence-electron chi connectivity index (χ1n) is 6.80. The zero-order valence-electron chi connectivity index (χ0n) is 12.1. The zero-order valence-corrected chi connectivity index (χ0v) is 12.1. The fourth-order valence-electron chi connectivity index (χ4n) is 2.24. The van der Waals surface area contributed by atoms with E-state index in [0.29, 0.717) is 18.8 Å². The molecule has 1 unspecified atom stereocenters. The molecule has 1 atom stereocenters. The van der Waals surface area contributed by atoms with Gasteiger partial charge in [0.25, 0.3) is 0 Å². The number of aliphatic hydroxyl groups excluding tert-OH is 1. The topological polar surface area (TPSA) is 55.8 Å². The Kier molecular flexibility index (Phi) is 4.45. The zero-order chi connectivity index (χ0) is 14.7. The molecule has 1 N–H and O–H groups in total. The fourth-order valence-corrected chi connectivity index (χ4v) is 2.24. The summed E-state index contributed by atoms with van der Waals surface area (Å²) < 4.78 is 11.2. The third kappa shape index (κ3) is 3.02. The maximum absolute atomic E-state index is 11.5. The average Bonchev–Trinajstić information content (AvgIpc) is 2.73. The molecule has 0 aliphatic carbocycles. The lowest BCUT2D eigenvalue weighted by atomic mass is 10.0. The number of rotatable bonds is 5. The molecule has 4 heteroatoms. The van der Waals surface area contributed by atoms with Crippen LogP contribution in [-0.4, -0.2) is 30.2 Å². The van der Waals surface area contributed by atoms with Gasteiger partial charge in [0.15, 0.2) is 11.9 Å². The van der Waals surface area contributed by atoms with Crippen molar-refractivity contribution in [1.29, 1.82) is 0 Å². The van der Waals surface area contributed by atoms with Crippen LogP contribution in [0.3, 0.4) is 0 Å². The van der Waals surface area contributed by atoms with Gasteiger partial charge in [0.2, 0.25) is 0 Å². The molecule has 0 bridgehead atoms. The molecular formula is C16H20O4. The maximum atomic E-state index is 11.5. The summed E-state index contributed by atoms with van der Waals surface area (Å²) in [7, 11) is 0. The second-order valence-electron chi connectivity index (χ2n) is 5.04. The van der Waals surface area contributed by atoms with Gasteiger partial charge in [-0.15, -0.1) is 0 Å². The molecule has 108 valence electrons. The van der Waals surface area contributed by atoms with Crippen molar-refractivity contribution in [2.45, 2.75) is 33.3 Å². The summed E-state index contributed by atoms with van der Waals surface area (Å²) in [5, 5.41) is 8.78. The number of hydrogen-bond acceptors (Lipinski definition) is 4. The van der Waals surface area contributed by atoms with E-state index in [-0.39, 0.29) is 12.4 Å². The van der Waals surface area contributed by atoms with Gasteiger partial charge in [-0.1, -0.05) is 0 Å². The number of hydrogen-bond donors (Lipinski definition) is 1. The highest BCUT2D eigenvalue weighted by molar-refractivity contribution is 6.02. The van der Waals surface area contributed by atoms with Crippen LogP contribution in [0.2, 0.25) is 0 Å². The molecule has 0 saturated carbocycles. The second kappa shape index (κ2) is 6.09. The highest BCUT2D eigenvalue weighted by Crippen LogP contribution is 2.31. The number of ketones is 1. The first-order chi connectivity index (χ1) is 9.52. The van der Waals surface area contributed by atoms with Crippen molar-refractivity contribution < 1.29 is 19.4 Å². The Bertz CT molecular complexity index is 522. The van der Waals surface area contributed by atoms with Crippen molar-refractivity contribution in [1.82, 2.24) is 0 Å². The lowest BCUT2D eigenvalue weighted by Gasteiger charge is -2.14. The average molecular weight is 276 g/mol. The molecule has 0 amide bonds. The summed E-state index contributed by atoms with van der Waals surface area (Å²) in [4.78, 5) is 11.5. The first-order valence-corrected chi connectivity index (χ1v) is 6.80. The van der Waals surface area contributed by atoms with Crippen LogP contribution in [-0.2, 0) is 9.53 Å². The van der Waals surface area contributed by atoms with Crippen molar-refractivity contribution in [2.24, 2.45) is 0 Å². The third-order valence-corrected chi connectivity index (χ3v) is 3.27. The number of aliphatic hydroxyl groups is 1. The van der Waals surface area contributed by atoms with Gasteiger partial charge < -0.3 is 14.6 Å². The number of carbonyl (C=O) groups is 1. The van der Waals surface area contributed by atoms with E-state index in [1.807, 2.05) is 26.0 Å². The molecule has 1 aromatic rings. The van der Waals surface area contributed by atoms with E-state index < -0.39 is 6.10 Å². The monoisotopic (exact) mass is 276 g/mol. The molecule has 0 fully saturated rings. The molecule has 0 aromatic heterocycles. The molecule has 1 aliphatic heterocycles. The largest absolute Gasteiger partial charge is 0.493 e. The molecular weight excluding hydrogens is 256 g/mol. The number of ether oxygens (including phenoxy) is 2. The lowest BCUT2D eigenvalue weighted by Crippen LogP contribution is -2.10. The Morgan fingerprint density at radius 3 is 2.45 bits per heavy atom. The van der Waals surface area contributed by atoms with Gasteiger partial charge in [-0.05, 0) is 44.0 Å². The van der Waals surface area contributed by atoms with Crippen molar-refractivity contribution in [3.8, 4) is 5.75 Å². The van der Waals surface area contributed by atoms with Gasteiger partial charge in [0, 0.05) is 24.7 Å². The normalized spacial score (nSPS) is 17.9. The van der Waals surface area contributed by atoms with Crippen LogP contribution in [0.25, 0.3) is 5.76 Å². The maximum Gasteiger partial charge on any atom is 0.199 e. The highest BCUT2D eigenvalue weighted by atomic mass is 16.5. The first kappa shape index (κ1) is 14.6. The minimum Gasteiger partial charge on any atom is -0.493 e. The van der Waals surface area contributed by atoms with Crippen molar-refractivity contribution in [2.75, 3.05) is 13.2 Å². The van der Waals surface area contributed by atoms with Gasteiger partial charge in [-0.2, -0.15) is 0 Å². The number of carbonyl (C=O) groups excluding carboxylic acids is 1. The molecule has 0 radical (unpaired) electrons. The lowest BCUT2D eigenvalue weighted by molar-refractivity contribution is -0.119. The fraction of sp³-hybridized carbons (Fsp3) is 0.438. The van der Waals surface area contributed by atoms with Gasteiger partial charge >= 0.3 is 0 Å². The van der Waals surface area contributed by atoms with E-state index in [1.54, 1.807) is 13.0 Å². The van der Waals surface area contributed by atoms with Crippen LogP contribution >= 0.6 is 0 Å². The summed E-state index contributed by atoms with van der Waals surface area (Å²) in [6, 6.07) is 3.91. The molecule has 20 heavy (non-hydrogen) atoms. The summed E-state index contributed by atoms with van der Waals surface area (Å²) in [5.41, 5.74) is 2.89. The van der Waals surface area contributed by atoms with Crippen LogP contribution in [0.5, 0.6) is 5.75 Å². The minimum absolute atomic E-state index is 0.00132. The Labute approximate surface area is 119 Å². The van der Waals surface area contributed by atoms with Crippen LogP contribution in [0.15, 0.2) is 18.2 Å². The van der Waals surface area contributed by atoms with Crippen LogP contribution in [0.1, 0.15) is 30.0 Å². The molecule has 4 nitrogen and oxygen atoms in total. The molecule has 1 heterocycles. The van der Waals surface area contributed by atoms with Crippen LogP contribution in [0, 0.1) is 13.8 Å². The van der Waals surface area contributed by atoms with E-state index in [1.165, 1.54) is 0 Å². The quantitative estimate of drug-likeness (QED) is 0.839. The predicted octanol–water partition coefficient (Wildman–Crippen LogP) is 2.39. The summed E-state index contributed by atoms with van der Waals surface area (Å²) in [6.45, 7) is 6.29. The van der Waals surface area contributed by atoms with Gasteiger partial charge in [0.05, 0.1) is 6.61 Å². The molecule has 2 rings (SSSR count). The summed E-state index contributed by atoms with van der Waals surface area (Å²) in [5.74, 6) is 1.45. The molecule has 1 aromatic carbocycles. The summed E-state index contributed by atoms with van der Waals surface area (Å²) >= 11 is 0. The van der Waals surface area contributed by atoms with Gasteiger partial charge in [-0.3, -0.25) is 4.79 Å². The van der Waals surface area contributed by atoms with Crippen molar-refractivity contribution in [3.05, 3.63) is 34.9 Å². The molecule has 1 aliphatic rings. The number of benzene rings is 1. The Morgan fingerprint density at radius 2 is 1.95 bits per heavy atom. The van der Waals surface area contributed by atoms with E-state index in [2.05, 4.69) is 0 Å². The van der Waals surface area contributed by atoms with E-state index in [4.69, 9.17) is 14.6 Å². The minimum atomic E-state index is -0.397. The smallest absolute Gasteiger partial charge is 0.199 e. The Hall–Kier alpha value is -1.81. The Morgan fingerprint density at radius 1 is 1.30 bits per heavy atom. The highest BCUT2D eigenvalue weighted by Gasteiger charge is 2.24. The summed E-state index contributed by atoms with van der Waals surface area (Å²) in [6.07, 6.45) is 1.76. The molecule has 0 saturated heterocycles. The van der Waals surface area contributed by atoms with Crippen molar-refractivity contribution in [3.63, 3.8) is 0 Å². The van der Waals surface area contributed by atoms with Gasteiger partial charge in [0.1, 0.15) is 11.5 Å². The number of aryl methyl sites for hydroxylation is 2. The van der Waals surface area contributed by atoms with Gasteiger partial charge in [-0.25, -0.2) is 0 Å². The molecule has 0 spiro atoms. The van der Waals surface area contributed by atoms with E-state index in [0.717, 1.165) is 22.4 Å².